The van der Waals surface area contributed by atoms with Crippen LogP contribution >= 0.6 is 0 Å². The van der Waals surface area contributed by atoms with E-state index in [2.05, 4.69) is 0 Å². The van der Waals surface area contributed by atoms with Gasteiger partial charge in [-0.2, -0.15) is 0 Å². The molecule has 0 saturated carbocycles. The lowest BCUT2D eigenvalue weighted by molar-refractivity contribution is -0.148. The van der Waals surface area contributed by atoms with Gasteiger partial charge in [-0.1, -0.05) is 47.6 Å². The Labute approximate surface area is 225 Å². The van der Waals surface area contributed by atoms with E-state index in [1.165, 1.54) is 12.1 Å². The van der Waals surface area contributed by atoms with Crippen molar-refractivity contribution >= 4 is 24.1 Å². The van der Waals surface area contributed by atoms with Gasteiger partial charge >= 0.3 is 24.1 Å². The molecule has 1 aromatic carbocycles. The molecular formula is C28H43NO9. The number of ether oxygens (including phenoxy) is 5. The van der Waals surface area contributed by atoms with E-state index >= 15 is 0 Å². The van der Waals surface area contributed by atoms with Gasteiger partial charge in [0.2, 0.25) is 0 Å². The molecule has 0 aliphatic carbocycles. The Kier molecular flexibility index (Phi) is 13.3. The lowest BCUT2D eigenvalue weighted by Gasteiger charge is -2.19. The van der Waals surface area contributed by atoms with Crippen molar-refractivity contribution in [2.45, 2.75) is 87.0 Å². The monoisotopic (exact) mass is 537 g/mol. The van der Waals surface area contributed by atoms with Gasteiger partial charge in [0.1, 0.15) is 18.8 Å². The Morgan fingerprint density at radius 3 is 1.76 bits per heavy atom. The molecule has 0 bridgehead atoms. The fourth-order valence-corrected chi connectivity index (χ4v) is 2.85. The quantitative estimate of drug-likeness (QED) is 0.283. The van der Waals surface area contributed by atoms with Crippen LogP contribution in [0.3, 0.4) is 0 Å². The summed E-state index contributed by atoms with van der Waals surface area (Å²) in [5.41, 5.74) is 6.60. The second-order valence-corrected chi connectivity index (χ2v) is 10.5. The summed E-state index contributed by atoms with van der Waals surface area (Å²) in [6, 6.07) is 3.62. The predicted octanol–water partition coefficient (Wildman–Crippen LogP) is 4.44. The van der Waals surface area contributed by atoms with E-state index in [4.69, 9.17) is 29.4 Å². The molecule has 0 amide bonds. The number of hydrogen-bond acceptors (Lipinski definition) is 10. The van der Waals surface area contributed by atoms with Crippen molar-refractivity contribution in [2.24, 2.45) is 29.4 Å². The molecule has 0 saturated heterocycles. The third-order valence-corrected chi connectivity index (χ3v) is 6.02. The first kappa shape index (κ1) is 32.9. The topological polar surface area (TPSA) is 140 Å². The minimum Gasteiger partial charge on any atom is -0.461 e. The first-order valence-electron chi connectivity index (χ1n) is 13.0. The van der Waals surface area contributed by atoms with Gasteiger partial charge in [0.25, 0.3) is 0 Å². The molecule has 0 aromatic heterocycles. The maximum Gasteiger partial charge on any atom is 0.508 e. The largest absolute Gasteiger partial charge is 0.508 e. The number of carbonyl (C=O) groups is 4. The van der Waals surface area contributed by atoms with E-state index in [0.717, 1.165) is 0 Å². The highest BCUT2D eigenvalue weighted by atomic mass is 16.7. The highest BCUT2D eigenvalue weighted by Crippen LogP contribution is 2.31. The molecule has 2 unspecified atom stereocenters. The average molecular weight is 538 g/mol. The summed E-state index contributed by atoms with van der Waals surface area (Å²) in [6.07, 6.45) is -1.86. The molecule has 38 heavy (non-hydrogen) atoms. The Balaban J connectivity index is 2.95. The molecule has 0 spiro atoms. The zero-order valence-corrected chi connectivity index (χ0v) is 23.9. The highest BCUT2D eigenvalue weighted by molar-refractivity contribution is 5.79. The third-order valence-electron chi connectivity index (χ3n) is 6.02. The Morgan fingerprint density at radius 1 is 0.737 bits per heavy atom. The maximum atomic E-state index is 12.7. The molecule has 214 valence electrons. The number of benzene rings is 1. The molecule has 0 fully saturated rings. The van der Waals surface area contributed by atoms with Crippen LogP contribution in [0.1, 0.15) is 67.9 Å². The van der Waals surface area contributed by atoms with Crippen LogP contribution in [-0.2, 0) is 35.0 Å². The summed E-state index contributed by atoms with van der Waals surface area (Å²) >= 11 is 0. The Hall–Kier alpha value is -3.14. The van der Waals surface area contributed by atoms with Crippen molar-refractivity contribution in [2.75, 3.05) is 6.61 Å². The van der Waals surface area contributed by atoms with Crippen molar-refractivity contribution in [1.29, 1.82) is 0 Å². The van der Waals surface area contributed by atoms with Crippen LogP contribution < -0.4 is 15.2 Å². The zero-order chi connectivity index (χ0) is 29.2. The molecule has 2 N–H and O–H groups in total. The van der Waals surface area contributed by atoms with Crippen molar-refractivity contribution in [3.63, 3.8) is 0 Å². The van der Waals surface area contributed by atoms with Gasteiger partial charge in [-0.15, -0.1) is 0 Å². The van der Waals surface area contributed by atoms with Gasteiger partial charge in [-0.3, -0.25) is 14.4 Å². The predicted molar refractivity (Wildman–Crippen MR) is 141 cm³/mol. The Bertz CT molecular complexity index is 958. The summed E-state index contributed by atoms with van der Waals surface area (Å²) in [5, 5.41) is 0. The van der Waals surface area contributed by atoms with Gasteiger partial charge in [-0.25, -0.2) is 4.79 Å². The summed E-state index contributed by atoms with van der Waals surface area (Å²) in [4.78, 5) is 49.2. The van der Waals surface area contributed by atoms with Crippen LogP contribution in [0.2, 0.25) is 0 Å². The first-order valence-corrected chi connectivity index (χ1v) is 13.0. The first-order chi connectivity index (χ1) is 17.6. The van der Waals surface area contributed by atoms with Crippen LogP contribution in [0.25, 0.3) is 0 Å². The summed E-state index contributed by atoms with van der Waals surface area (Å²) in [7, 11) is 0. The molecule has 10 nitrogen and oxygen atoms in total. The van der Waals surface area contributed by atoms with E-state index in [1.807, 2.05) is 27.7 Å². The smallest absolute Gasteiger partial charge is 0.461 e. The van der Waals surface area contributed by atoms with Crippen LogP contribution in [0, 0.1) is 23.7 Å². The Morgan fingerprint density at radius 2 is 1.26 bits per heavy atom. The van der Waals surface area contributed by atoms with Crippen molar-refractivity contribution < 1.29 is 42.9 Å². The van der Waals surface area contributed by atoms with E-state index in [9.17, 15) is 19.2 Å². The van der Waals surface area contributed by atoms with Crippen LogP contribution in [0.15, 0.2) is 18.2 Å². The highest BCUT2D eigenvalue weighted by Gasteiger charge is 2.25. The van der Waals surface area contributed by atoms with Crippen molar-refractivity contribution in [1.82, 2.24) is 0 Å². The molecule has 1 rings (SSSR count). The third kappa shape index (κ3) is 11.1. The van der Waals surface area contributed by atoms with Gasteiger partial charge in [0, 0.05) is 0 Å². The molecule has 4 atom stereocenters. The molecule has 1 aromatic rings. The number of esters is 3. The van der Waals surface area contributed by atoms with Gasteiger partial charge in [0.05, 0.1) is 17.9 Å². The molecule has 0 aliphatic heterocycles. The average Bonchev–Trinajstić information content (AvgIpc) is 2.81. The van der Waals surface area contributed by atoms with E-state index in [1.54, 1.807) is 40.7 Å². The second kappa shape index (κ2) is 15.3. The summed E-state index contributed by atoms with van der Waals surface area (Å²) in [5.74, 6) is -2.11. The second-order valence-electron chi connectivity index (χ2n) is 10.5. The van der Waals surface area contributed by atoms with E-state index in [-0.39, 0.29) is 48.4 Å². The van der Waals surface area contributed by atoms with E-state index in [0.29, 0.717) is 5.56 Å². The summed E-state index contributed by atoms with van der Waals surface area (Å²) in [6.45, 7) is 15.9. The minimum absolute atomic E-state index is 0.0411. The number of nitrogens with two attached hydrogens (primary N) is 1. The molecule has 0 aliphatic rings. The van der Waals surface area contributed by atoms with Crippen LogP contribution in [-0.4, -0.2) is 48.9 Å². The van der Waals surface area contributed by atoms with Crippen molar-refractivity contribution in [3.8, 4) is 11.5 Å². The van der Waals surface area contributed by atoms with Gasteiger partial charge in [-0.05, 0) is 56.7 Å². The van der Waals surface area contributed by atoms with Crippen LogP contribution in [0.5, 0.6) is 11.5 Å². The lowest BCUT2D eigenvalue weighted by atomic mass is 9.98. The fourth-order valence-electron chi connectivity index (χ4n) is 2.85. The SMILES string of the molecule is CC(C)OC(=O)O[C@@H](C)COC(=O)[C@@H](N)Cc1ccc(OC(=O)C(C)C(C)C)c(OC(=O)C(C)C(C)C)c1. The number of hydrogen-bond donors (Lipinski definition) is 1. The normalized spacial score (nSPS) is 14.4. The van der Waals surface area contributed by atoms with Gasteiger partial charge in [0.15, 0.2) is 11.5 Å². The minimum atomic E-state index is -1.04. The standard InChI is InChI=1S/C28H43NO9/c1-15(2)19(8)25(30)37-23-11-10-21(13-24(23)38-26(31)20(9)16(3)4)12-22(29)27(32)34-14-18(7)36-28(33)35-17(5)6/h10-11,13,15-20,22H,12,14,29H2,1-9H3/t18-,19?,20?,22-/m0/s1. The molecular weight excluding hydrogens is 494 g/mol. The fraction of sp³-hybridized carbons (Fsp3) is 0.643. The zero-order valence-electron chi connectivity index (χ0n) is 23.9. The van der Waals surface area contributed by atoms with Gasteiger partial charge < -0.3 is 29.4 Å². The molecule has 0 heterocycles. The number of carbonyl (C=O) groups excluding carboxylic acids is 4. The maximum absolute atomic E-state index is 12.7. The lowest BCUT2D eigenvalue weighted by Crippen LogP contribution is -2.36. The van der Waals surface area contributed by atoms with E-state index < -0.39 is 42.1 Å². The number of rotatable bonds is 13. The van der Waals surface area contributed by atoms with Crippen LogP contribution in [0.4, 0.5) is 4.79 Å². The molecule has 0 radical (unpaired) electrons. The molecule has 10 heteroatoms. The van der Waals surface area contributed by atoms with Crippen molar-refractivity contribution in [3.05, 3.63) is 23.8 Å². The summed E-state index contributed by atoms with van der Waals surface area (Å²) < 4.78 is 26.2.